The normalized spacial score (nSPS) is 17.9. The van der Waals surface area contributed by atoms with Crippen molar-refractivity contribution in [2.75, 3.05) is 5.75 Å². The first-order valence-corrected chi connectivity index (χ1v) is 9.32. The van der Waals surface area contributed by atoms with Crippen molar-refractivity contribution in [3.05, 3.63) is 64.7 Å². The van der Waals surface area contributed by atoms with Crippen LogP contribution in [0.15, 0.2) is 47.4 Å². The van der Waals surface area contributed by atoms with Crippen molar-refractivity contribution < 1.29 is 9.90 Å². The van der Waals surface area contributed by atoms with Gasteiger partial charge in [0.2, 0.25) is 0 Å². The van der Waals surface area contributed by atoms with Gasteiger partial charge in [0.15, 0.2) is 0 Å². The molecule has 2 aromatic carbocycles. The van der Waals surface area contributed by atoms with Gasteiger partial charge in [0.25, 0.3) is 0 Å². The second-order valence-electron chi connectivity index (χ2n) is 6.40. The fourth-order valence-corrected chi connectivity index (χ4v) is 4.27. The molecule has 1 heterocycles. The van der Waals surface area contributed by atoms with Gasteiger partial charge >= 0.3 is 5.97 Å². The highest BCUT2D eigenvalue weighted by Gasteiger charge is 2.15. The molecule has 3 rings (SSSR count). The van der Waals surface area contributed by atoms with Gasteiger partial charge in [-0.05, 0) is 71.9 Å². The van der Waals surface area contributed by atoms with E-state index in [1.807, 2.05) is 23.9 Å². The summed E-state index contributed by atoms with van der Waals surface area (Å²) in [6.07, 6.45) is 4.66. The molecule has 1 aliphatic rings. The molecule has 24 heavy (non-hydrogen) atoms. The van der Waals surface area contributed by atoms with Crippen LogP contribution in [0.4, 0.5) is 0 Å². The van der Waals surface area contributed by atoms with Gasteiger partial charge in [-0.3, -0.25) is 0 Å². The lowest BCUT2D eigenvalue weighted by Gasteiger charge is -2.13. The Kier molecular flexibility index (Phi) is 5.10. The third-order valence-corrected chi connectivity index (χ3v) is 5.74. The summed E-state index contributed by atoms with van der Waals surface area (Å²) in [5.41, 5.74) is 5.24. The predicted octanol–water partition coefficient (Wildman–Crippen LogP) is 5.93. The van der Waals surface area contributed by atoms with Crippen molar-refractivity contribution in [3.8, 4) is 0 Å². The Morgan fingerprint density at radius 1 is 1.17 bits per heavy atom. The molecule has 0 spiro atoms. The van der Waals surface area contributed by atoms with Crippen molar-refractivity contribution in [1.29, 1.82) is 0 Å². The van der Waals surface area contributed by atoms with E-state index in [1.54, 1.807) is 12.1 Å². The molecule has 124 valence electrons. The number of hydrogen-bond donors (Lipinski definition) is 1. The Morgan fingerprint density at radius 2 is 1.88 bits per heavy atom. The standard InChI is InChI=1S/C21H22O2S/c1-14-4-3-11-24-20-13-18(9-10-19(14)20)15(2)12-16-5-7-17(8-6-16)21(22)23/h5-10,12-14H,3-4,11H2,1-2H3,(H,22,23). The van der Waals surface area contributed by atoms with Gasteiger partial charge < -0.3 is 5.11 Å². The minimum atomic E-state index is -0.890. The molecule has 0 aliphatic carbocycles. The topological polar surface area (TPSA) is 37.3 Å². The van der Waals surface area contributed by atoms with Crippen LogP contribution in [0.1, 0.15) is 59.7 Å². The molecule has 0 amide bonds. The third kappa shape index (κ3) is 3.73. The summed E-state index contributed by atoms with van der Waals surface area (Å²) in [5.74, 6) is 0.941. The fraction of sp³-hybridized carbons (Fsp3) is 0.286. The molecule has 1 unspecified atom stereocenters. The Balaban J connectivity index is 1.88. The van der Waals surface area contributed by atoms with Crippen molar-refractivity contribution in [2.45, 2.75) is 37.5 Å². The van der Waals surface area contributed by atoms with E-state index in [0.717, 1.165) is 5.56 Å². The van der Waals surface area contributed by atoms with Gasteiger partial charge in [-0.25, -0.2) is 4.79 Å². The SMILES string of the molecule is CC(=Cc1ccc(C(=O)O)cc1)c1ccc2c(c1)SCCCC2C. The van der Waals surface area contributed by atoms with Gasteiger partial charge in [-0.15, -0.1) is 11.8 Å². The Morgan fingerprint density at radius 3 is 2.58 bits per heavy atom. The second-order valence-corrected chi connectivity index (χ2v) is 7.54. The number of allylic oxidation sites excluding steroid dienone is 1. The summed E-state index contributed by atoms with van der Waals surface area (Å²) < 4.78 is 0. The largest absolute Gasteiger partial charge is 0.478 e. The number of fused-ring (bicyclic) bond motifs is 1. The van der Waals surface area contributed by atoms with Crippen molar-refractivity contribution in [1.82, 2.24) is 0 Å². The highest BCUT2D eigenvalue weighted by molar-refractivity contribution is 7.99. The predicted molar refractivity (Wildman–Crippen MR) is 102 cm³/mol. The van der Waals surface area contributed by atoms with Crippen molar-refractivity contribution in [2.24, 2.45) is 0 Å². The van der Waals surface area contributed by atoms with Gasteiger partial charge in [0.05, 0.1) is 5.56 Å². The molecule has 0 bridgehead atoms. The molecule has 0 fully saturated rings. The maximum atomic E-state index is 10.9. The lowest BCUT2D eigenvalue weighted by Crippen LogP contribution is -1.95. The number of hydrogen-bond acceptors (Lipinski definition) is 2. The first-order valence-electron chi connectivity index (χ1n) is 8.33. The molecule has 0 saturated heterocycles. The first-order chi connectivity index (χ1) is 11.5. The summed E-state index contributed by atoms with van der Waals surface area (Å²) in [7, 11) is 0. The van der Waals surface area contributed by atoms with E-state index in [1.165, 1.54) is 40.2 Å². The Hall–Kier alpha value is -2.00. The van der Waals surface area contributed by atoms with Crippen molar-refractivity contribution >= 4 is 29.4 Å². The van der Waals surface area contributed by atoms with Crippen LogP contribution in [0.2, 0.25) is 0 Å². The van der Waals surface area contributed by atoms with Gasteiger partial charge in [0.1, 0.15) is 0 Å². The molecule has 0 radical (unpaired) electrons. The number of carboxylic acids is 1. The molecular formula is C21H22O2S. The number of benzene rings is 2. The summed E-state index contributed by atoms with van der Waals surface area (Å²) in [4.78, 5) is 12.3. The zero-order valence-electron chi connectivity index (χ0n) is 14.1. The van der Waals surface area contributed by atoms with Crippen LogP contribution in [0.5, 0.6) is 0 Å². The maximum absolute atomic E-state index is 10.9. The Labute approximate surface area is 147 Å². The van der Waals surface area contributed by atoms with Gasteiger partial charge in [-0.1, -0.05) is 37.3 Å². The Bertz CT molecular complexity index is 775. The molecule has 1 atom stereocenters. The lowest BCUT2D eigenvalue weighted by molar-refractivity contribution is 0.0697. The van der Waals surface area contributed by atoms with Crippen LogP contribution in [0.3, 0.4) is 0 Å². The monoisotopic (exact) mass is 338 g/mol. The smallest absolute Gasteiger partial charge is 0.335 e. The minimum absolute atomic E-state index is 0.320. The van der Waals surface area contributed by atoms with Crippen LogP contribution in [-0.2, 0) is 0 Å². The number of thioether (sulfide) groups is 1. The minimum Gasteiger partial charge on any atom is -0.478 e. The molecule has 3 heteroatoms. The molecule has 0 saturated carbocycles. The highest BCUT2D eigenvalue weighted by Crippen LogP contribution is 2.37. The van der Waals surface area contributed by atoms with E-state index in [4.69, 9.17) is 5.11 Å². The summed E-state index contributed by atoms with van der Waals surface area (Å²) in [6.45, 7) is 4.43. The van der Waals surface area contributed by atoms with Crippen molar-refractivity contribution in [3.63, 3.8) is 0 Å². The lowest BCUT2D eigenvalue weighted by atomic mass is 9.94. The number of carbonyl (C=O) groups is 1. The maximum Gasteiger partial charge on any atom is 0.335 e. The highest BCUT2D eigenvalue weighted by atomic mass is 32.2. The number of carboxylic acid groups (broad SMARTS) is 1. The van der Waals surface area contributed by atoms with E-state index in [0.29, 0.717) is 11.5 Å². The van der Waals surface area contributed by atoms with Crippen LogP contribution >= 0.6 is 11.8 Å². The summed E-state index contributed by atoms with van der Waals surface area (Å²) >= 11 is 1.96. The van der Waals surface area contributed by atoms with Crippen LogP contribution in [0.25, 0.3) is 11.6 Å². The van der Waals surface area contributed by atoms with Crippen LogP contribution in [-0.4, -0.2) is 16.8 Å². The molecule has 1 aliphatic heterocycles. The molecule has 0 aromatic heterocycles. The molecular weight excluding hydrogens is 316 g/mol. The average Bonchev–Trinajstić information content (AvgIpc) is 2.76. The summed E-state index contributed by atoms with van der Waals surface area (Å²) in [5, 5.41) is 8.97. The third-order valence-electron chi connectivity index (χ3n) is 4.58. The van der Waals surface area contributed by atoms with E-state index in [9.17, 15) is 4.79 Å². The van der Waals surface area contributed by atoms with Gasteiger partial charge in [0, 0.05) is 4.90 Å². The molecule has 2 aromatic rings. The van der Waals surface area contributed by atoms with E-state index in [2.05, 4.69) is 38.1 Å². The molecule has 2 nitrogen and oxygen atoms in total. The number of aromatic carboxylic acids is 1. The quantitative estimate of drug-likeness (QED) is 0.704. The second kappa shape index (κ2) is 7.27. The summed E-state index contributed by atoms with van der Waals surface area (Å²) in [6, 6.07) is 13.8. The zero-order valence-corrected chi connectivity index (χ0v) is 14.9. The fourth-order valence-electron chi connectivity index (χ4n) is 3.09. The molecule has 1 N–H and O–H groups in total. The van der Waals surface area contributed by atoms with Crippen LogP contribution in [0, 0.1) is 0 Å². The van der Waals surface area contributed by atoms with E-state index in [-0.39, 0.29) is 0 Å². The van der Waals surface area contributed by atoms with E-state index >= 15 is 0 Å². The zero-order chi connectivity index (χ0) is 17.1. The van der Waals surface area contributed by atoms with Crippen LogP contribution < -0.4 is 0 Å². The van der Waals surface area contributed by atoms with Gasteiger partial charge in [-0.2, -0.15) is 0 Å². The number of rotatable bonds is 3. The van der Waals surface area contributed by atoms with E-state index < -0.39 is 5.97 Å². The average molecular weight is 338 g/mol. The first kappa shape index (κ1) is 16.8.